The summed E-state index contributed by atoms with van der Waals surface area (Å²) in [6.07, 6.45) is 1.47. The molecule has 3 rings (SSSR count). The molecule has 1 fully saturated rings. The maximum Gasteiger partial charge on any atom is 0.247 e. The Morgan fingerprint density at radius 3 is 2.50 bits per heavy atom. The fourth-order valence-corrected chi connectivity index (χ4v) is 3.41. The molecule has 1 aliphatic rings. The number of nitrogens with one attached hydrogen (secondary N) is 2. The fraction of sp³-hybridized carbons (Fsp3) is 0.421. The molecule has 0 saturated carbocycles. The predicted molar refractivity (Wildman–Crippen MR) is 97.4 cm³/mol. The van der Waals surface area contributed by atoms with Gasteiger partial charge in [0.05, 0.1) is 0 Å². The molecular formula is C19H24N4O3. The summed E-state index contributed by atoms with van der Waals surface area (Å²) in [7, 11) is 1.66. The minimum Gasteiger partial charge on any atom is -0.360 e. The second-order valence-electron chi connectivity index (χ2n) is 6.55. The summed E-state index contributed by atoms with van der Waals surface area (Å²) in [6, 6.07) is 10.9. The third-order valence-electron chi connectivity index (χ3n) is 4.75. The molecule has 1 aromatic carbocycles. The number of carbonyl (C=O) groups excluding carboxylic acids is 2. The van der Waals surface area contributed by atoms with E-state index in [-0.39, 0.29) is 17.7 Å². The monoisotopic (exact) mass is 356 g/mol. The van der Waals surface area contributed by atoms with Crippen molar-refractivity contribution >= 4 is 17.6 Å². The van der Waals surface area contributed by atoms with E-state index in [1.165, 1.54) is 0 Å². The van der Waals surface area contributed by atoms with Gasteiger partial charge in [-0.2, -0.15) is 0 Å². The number of likely N-dealkylation sites (tertiary alicyclic amines) is 1. The summed E-state index contributed by atoms with van der Waals surface area (Å²) in [4.78, 5) is 27.0. The van der Waals surface area contributed by atoms with Crippen LogP contribution in [0.3, 0.4) is 0 Å². The summed E-state index contributed by atoms with van der Waals surface area (Å²) in [5, 5.41) is 9.40. The number of hydrogen-bond acceptors (Lipinski definition) is 5. The Balaban J connectivity index is 1.76. The molecule has 1 aromatic heterocycles. The maximum absolute atomic E-state index is 13.0. The van der Waals surface area contributed by atoms with Gasteiger partial charge in [0.25, 0.3) is 0 Å². The molecule has 0 aliphatic carbocycles. The molecule has 0 bridgehead atoms. The van der Waals surface area contributed by atoms with Gasteiger partial charge in [0.1, 0.15) is 11.8 Å². The summed E-state index contributed by atoms with van der Waals surface area (Å²) in [6.45, 7) is 3.15. The Labute approximate surface area is 152 Å². The number of aryl methyl sites for hydroxylation is 1. The molecular weight excluding hydrogens is 332 g/mol. The van der Waals surface area contributed by atoms with E-state index in [9.17, 15) is 9.59 Å². The lowest BCUT2D eigenvalue weighted by atomic mass is 9.93. The largest absolute Gasteiger partial charge is 0.360 e. The summed E-state index contributed by atoms with van der Waals surface area (Å²) in [5.41, 5.74) is 0.920. The van der Waals surface area contributed by atoms with Crippen molar-refractivity contribution in [3.63, 3.8) is 0 Å². The van der Waals surface area contributed by atoms with Crippen LogP contribution < -0.4 is 10.6 Å². The van der Waals surface area contributed by atoms with Gasteiger partial charge in [-0.3, -0.25) is 14.5 Å². The molecule has 7 heteroatoms. The Morgan fingerprint density at radius 1 is 1.23 bits per heavy atom. The highest BCUT2D eigenvalue weighted by atomic mass is 16.5. The zero-order valence-electron chi connectivity index (χ0n) is 15.1. The molecule has 0 radical (unpaired) electrons. The van der Waals surface area contributed by atoms with E-state index in [1.807, 2.05) is 30.3 Å². The number of amides is 2. The van der Waals surface area contributed by atoms with Crippen molar-refractivity contribution in [2.45, 2.75) is 25.8 Å². The van der Waals surface area contributed by atoms with E-state index in [4.69, 9.17) is 4.52 Å². The Hall–Kier alpha value is -2.67. The Kier molecular flexibility index (Phi) is 5.68. The van der Waals surface area contributed by atoms with E-state index >= 15 is 0 Å². The lowest BCUT2D eigenvalue weighted by Gasteiger charge is -2.36. The second kappa shape index (κ2) is 8.14. The third-order valence-corrected chi connectivity index (χ3v) is 4.75. The van der Waals surface area contributed by atoms with Crippen LogP contribution in [0.15, 0.2) is 40.9 Å². The molecule has 1 aliphatic heterocycles. The van der Waals surface area contributed by atoms with Crippen LogP contribution in [-0.4, -0.2) is 42.0 Å². The van der Waals surface area contributed by atoms with Crippen LogP contribution in [-0.2, 0) is 9.59 Å². The van der Waals surface area contributed by atoms with Gasteiger partial charge in [0, 0.05) is 19.0 Å². The molecule has 7 nitrogen and oxygen atoms in total. The normalized spacial score (nSPS) is 16.8. The van der Waals surface area contributed by atoms with Gasteiger partial charge in [0.15, 0.2) is 5.82 Å². The predicted octanol–water partition coefficient (Wildman–Crippen LogP) is 2.12. The number of rotatable bonds is 5. The standard InChI is InChI=1S/C19H24N4O3/c1-13-12-16(22-26-13)21-19(25)17(14-6-4-3-5-7-14)23-10-8-15(9-11-23)18(24)20-2/h3-7,12,15,17H,8-11H2,1-2H3,(H,20,24)(H,21,22,25)/t17-/m1/s1. The van der Waals surface area contributed by atoms with Crippen molar-refractivity contribution in [2.75, 3.05) is 25.5 Å². The quantitative estimate of drug-likeness (QED) is 0.857. The van der Waals surface area contributed by atoms with Crippen LogP contribution in [0.4, 0.5) is 5.82 Å². The Morgan fingerprint density at radius 2 is 1.92 bits per heavy atom. The fourth-order valence-electron chi connectivity index (χ4n) is 3.41. The van der Waals surface area contributed by atoms with Gasteiger partial charge < -0.3 is 15.2 Å². The number of carbonyl (C=O) groups is 2. The van der Waals surface area contributed by atoms with Gasteiger partial charge in [-0.25, -0.2) is 0 Å². The van der Waals surface area contributed by atoms with Crippen LogP contribution in [0.5, 0.6) is 0 Å². The third kappa shape index (κ3) is 4.11. The molecule has 2 amide bonds. The minimum absolute atomic E-state index is 0.00826. The number of anilines is 1. The number of hydrogen-bond donors (Lipinski definition) is 2. The highest BCUT2D eigenvalue weighted by Crippen LogP contribution is 2.28. The lowest BCUT2D eigenvalue weighted by Crippen LogP contribution is -2.44. The van der Waals surface area contributed by atoms with E-state index in [1.54, 1.807) is 20.0 Å². The number of piperidine rings is 1. The van der Waals surface area contributed by atoms with Crippen molar-refractivity contribution in [1.29, 1.82) is 0 Å². The van der Waals surface area contributed by atoms with Crippen molar-refractivity contribution < 1.29 is 14.1 Å². The van der Waals surface area contributed by atoms with Crippen molar-refractivity contribution in [2.24, 2.45) is 5.92 Å². The van der Waals surface area contributed by atoms with Crippen LogP contribution in [0.2, 0.25) is 0 Å². The summed E-state index contributed by atoms with van der Waals surface area (Å²) < 4.78 is 5.03. The van der Waals surface area contributed by atoms with E-state index < -0.39 is 6.04 Å². The average molecular weight is 356 g/mol. The molecule has 0 spiro atoms. The van der Waals surface area contributed by atoms with Gasteiger partial charge in [0.2, 0.25) is 11.8 Å². The van der Waals surface area contributed by atoms with E-state index in [2.05, 4.69) is 20.7 Å². The minimum atomic E-state index is -0.432. The zero-order chi connectivity index (χ0) is 18.5. The van der Waals surface area contributed by atoms with Crippen molar-refractivity contribution in [3.8, 4) is 0 Å². The second-order valence-corrected chi connectivity index (χ2v) is 6.55. The average Bonchev–Trinajstić information content (AvgIpc) is 3.07. The zero-order valence-corrected chi connectivity index (χ0v) is 15.1. The molecule has 138 valence electrons. The van der Waals surface area contributed by atoms with E-state index in [0.717, 1.165) is 18.4 Å². The summed E-state index contributed by atoms with van der Waals surface area (Å²) in [5.74, 6) is 0.983. The van der Waals surface area contributed by atoms with Gasteiger partial charge in [-0.1, -0.05) is 35.5 Å². The van der Waals surface area contributed by atoms with Crippen LogP contribution >= 0.6 is 0 Å². The van der Waals surface area contributed by atoms with Gasteiger partial charge >= 0.3 is 0 Å². The first-order chi connectivity index (χ1) is 12.6. The Bertz CT molecular complexity index is 751. The molecule has 2 aromatic rings. The number of aromatic nitrogens is 1. The molecule has 1 saturated heterocycles. The number of benzene rings is 1. The first-order valence-electron chi connectivity index (χ1n) is 8.83. The lowest BCUT2D eigenvalue weighted by molar-refractivity contribution is -0.127. The summed E-state index contributed by atoms with van der Waals surface area (Å²) >= 11 is 0. The first kappa shape index (κ1) is 18.1. The van der Waals surface area contributed by atoms with E-state index in [0.29, 0.717) is 24.7 Å². The van der Waals surface area contributed by atoms with Gasteiger partial charge in [-0.15, -0.1) is 0 Å². The first-order valence-corrected chi connectivity index (χ1v) is 8.83. The van der Waals surface area contributed by atoms with Crippen molar-refractivity contribution in [1.82, 2.24) is 15.4 Å². The smallest absolute Gasteiger partial charge is 0.247 e. The number of nitrogens with zero attached hydrogens (tertiary/aromatic N) is 2. The van der Waals surface area contributed by atoms with Gasteiger partial charge in [-0.05, 0) is 38.4 Å². The molecule has 2 N–H and O–H groups in total. The van der Waals surface area contributed by atoms with Crippen molar-refractivity contribution in [3.05, 3.63) is 47.7 Å². The molecule has 26 heavy (non-hydrogen) atoms. The molecule has 2 heterocycles. The molecule has 0 unspecified atom stereocenters. The maximum atomic E-state index is 13.0. The highest BCUT2D eigenvalue weighted by Gasteiger charge is 2.33. The topological polar surface area (TPSA) is 87.5 Å². The highest BCUT2D eigenvalue weighted by molar-refractivity contribution is 5.94. The van der Waals surface area contributed by atoms with Crippen LogP contribution in [0.25, 0.3) is 0 Å². The molecule has 1 atom stereocenters. The van der Waals surface area contributed by atoms with Crippen LogP contribution in [0, 0.1) is 12.8 Å². The van der Waals surface area contributed by atoms with Crippen LogP contribution in [0.1, 0.15) is 30.2 Å². The SMILES string of the molecule is CNC(=O)C1CCN([C@@H](C(=O)Nc2cc(C)on2)c2ccccc2)CC1.